The highest BCUT2D eigenvalue weighted by atomic mass is 32.1. The number of aromatic nitrogens is 1. The summed E-state index contributed by atoms with van der Waals surface area (Å²) in [5.41, 5.74) is 6.74. The maximum absolute atomic E-state index is 11.9. The number of nitrogens with zero attached hydrogens (tertiary/aromatic N) is 3. The molecule has 1 aliphatic heterocycles. The van der Waals surface area contributed by atoms with Crippen LogP contribution in [0.25, 0.3) is 10.9 Å². The van der Waals surface area contributed by atoms with Gasteiger partial charge in [0.25, 0.3) is 5.91 Å². The molecule has 1 aromatic heterocycles. The largest absolute Gasteiger partial charge is 0.342 e. The summed E-state index contributed by atoms with van der Waals surface area (Å²) < 4.78 is 2.30. The molecular formula is C24H26N4O3S. The molecule has 0 fully saturated rings. The molecule has 1 aliphatic rings. The molecule has 0 spiro atoms. The van der Waals surface area contributed by atoms with Crippen LogP contribution in [0.15, 0.2) is 48.5 Å². The molecule has 4 rings (SSSR count). The van der Waals surface area contributed by atoms with Crippen molar-refractivity contribution >= 4 is 40.0 Å². The molecule has 0 aliphatic carbocycles. The lowest BCUT2D eigenvalue weighted by Crippen LogP contribution is -2.46. The molecule has 7 nitrogen and oxygen atoms in total. The molecule has 1 atom stereocenters. The lowest BCUT2D eigenvalue weighted by Gasteiger charge is -2.36. The minimum Gasteiger partial charge on any atom is -0.342 e. The Morgan fingerprint density at radius 1 is 1.19 bits per heavy atom. The van der Waals surface area contributed by atoms with Crippen LogP contribution in [0.3, 0.4) is 0 Å². The van der Waals surface area contributed by atoms with E-state index >= 15 is 0 Å². The van der Waals surface area contributed by atoms with E-state index in [2.05, 4.69) is 34.6 Å². The fraction of sp³-hybridized carbons (Fsp3) is 0.292. The number of hydrogen-bond acceptors (Lipinski definition) is 4. The second-order valence-corrected chi connectivity index (χ2v) is 8.61. The third-order valence-corrected chi connectivity index (χ3v) is 6.67. The first-order valence-corrected chi connectivity index (χ1v) is 10.9. The molecule has 8 heteroatoms. The Labute approximate surface area is 192 Å². The number of carbonyl (C=O) groups is 2. The molecule has 3 aromatic rings. The number of para-hydroxylation sites is 1. The van der Waals surface area contributed by atoms with E-state index in [1.165, 1.54) is 28.5 Å². The van der Waals surface area contributed by atoms with E-state index in [4.69, 9.17) is 17.4 Å². The second-order valence-electron chi connectivity index (χ2n) is 8.24. The number of hydrogen-bond donors (Lipinski definition) is 2. The summed E-state index contributed by atoms with van der Waals surface area (Å²) in [6, 6.07) is 15.6. The fourth-order valence-corrected chi connectivity index (χ4v) is 4.72. The second kappa shape index (κ2) is 8.72. The molecule has 2 amide bonds. The highest BCUT2D eigenvalue weighted by Crippen LogP contribution is 2.37. The van der Waals surface area contributed by atoms with E-state index in [-0.39, 0.29) is 11.8 Å². The van der Waals surface area contributed by atoms with Crippen LogP contribution in [0, 0.1) is 0 Å². The number of nitrogens with one attached hydrogen (secondary N) is 1. The lowest BCUT2D eigenvalue weighted by molar-refractivity contribution is -0.124. The van der Waals surface area contributed by atoms with Crippen LogP contribution < -0.4 is 5.48 Å². The highest BCUT2D eigenvalue weighted by molar-refractivity contribution is 7.80. The number of amides is 2. The molecular weight excluding hydrogens is 424 g/mol. The minimum atomic E-state index is -0.534. The van der Waals surface area contributed by atoms with Gasteiger partial charge in [0, 0.05) is 55.1 Å². The van der Waals surface area contributed by atoms with Gasteiger partial charge in [-0.25, -0.2) is 5.48 Å². The summed E-state index contributed by atoms with van der Waals surface area (Å²) in [4.78, 5) is 27.1. The van der Waals surface area contributed by atoms with Gasteiger partial charge in [-0.2, -0.15) is 0 Å². The first kappa shape index (κ1) is 22.0. The fourth-order valence-electron chi connectivity index (χ4n) is 4.45. The Balaban J connectivity index is 1.74. The van der Waals surface area contributed by atoms with Crippen LogP contribution in [0.5, 0.6) is 0 Å². The third kappa shape index (κ3) is 3.87. The maximum Gasteiger partial charge on any atom is 0.274 e. The molecule has 0 saturated carbocycles. The topological polar surface area (TPSA) is 77.8 Å². The van der Waals surface area contributed by atoms with Crippen molar-refractivity contribution in [3.8, 4) is 0 Å². The summed E-state index contributed by atoms with van der Waals surface area (Å²) in [5, 5.41) is 10.6. The first-order valence-electron chi connectivity index (χ1n) is 10.5. The van der Waals surface area contributed by atoms with Gasteiger partial charge in [0.2, 0.25) is 5.91 Å². The van der Waals surface area contributed by atoms with E-state index in [1.54, 1.807) is 24.7 Å². The van der Waals surface area contributed by atoms with Gasteiger partial charge >= 0.3 is 0 Å². The summed E-state index contributed by atoms with van der Waals surface area (Å²) >= 11 is 5.62. The van der Waals surface area contributed by atoms with Crippen molar-refractivity contribution in [2.24, 2.45) is 0 Å². The zero-order chi connectivity index (χ0) is 23.0. The average molecular weight is 451 g/mol. The van der Waals surface area contributed by atoms with Crippen LogP contribution >= 0.6 is 12.2 Å². The zero-order valence-electron chi connectivity index (χ0n) is 18.3. The van der Waals surface area contributed by atoms with Crippen LogP contribution in [0.4, 0.5) is 0 Å². The van der Waals surface area contributed by atoms with Crippen molar-refractivity contribution in [3.63, 3.8) is 0 Å². The van der Waals surface area contributed by atoms with Gasteiger partial charge in [-0.1, -0.05) is 37.3 Å². The Bertz CT molecular complexity index is 1200. The van der Waals surface area contributed by atoms with Crippen molar-refractivity contribution in [1.82, 2.24) is 19.8 Å². The smallest absolute Gasteiger partial charge is 0.274 e. The van der Waals surface area contributed by atoms with Crippen LogP contribution in [0.1, 0.15) is 46.9 Å². The Kier molecular flexibility index (Phi) is 5.99. The number of hydroxylamine groups is 1. The quantitative estimate of drug-likeness (QED) is 0.363. The number of rotatable bonds is 3. The molecule has 166 valence electrons. The van der Waals surface area contributed by atoms with E-state index in [0.717, 1.165) is 17.6 Å². The van der Waals surface area contributed by atoms with Crippen LogP contribution in [-0.2, 0) is 17.9 Å². The predicted octanol–water partition coefficient (Wildman–Crippen LogP) is 3.49. The van der Waals surface area contributed by atoms with Gasteiger partial charge in [0.1, 0.15) is 0 Å². The zero-order valence-corrected chi connectivity index (χ0v) is 19.1. The van der Waals surface area contributed by atoms with E-state index in [0.29, 0.717) is 23.8 Å². The molecule has 1 unspecified atom stereocenters. The number of fused-ring (bicyclic) bond motifs is 3. The monoisotopic (exact) mass is 450 g/mol. The van der Waals surface area contributed by atoms with E-state index in [1.807, 2.05) is 18.2 Å². The number of benzene rings is 2. The molecule has 2 aromatic carbocycles. The van der Waals surface area contributed by atoms with E-state index in [9.17, 15) is 9.59 Å². The Morgan fingerprint density at radius 3 is 2.53 bits per heavy atom. The van der Waals surface area contributed by atoms with Crippen molar-refractivity contribution in [3.05, 3.63) is 70.9 Å². The molecule has 2 N–H and O–H groups in total. The van der Waals surface area contributed by atoms with Crippen molar-refractivity contribution < 1.29 is 14.8 Å². The van der Waals surface area contributed by atoms with Gasteiger partial charge in [-0.3, -0.25) is 19.7 Å². The number of thiocarbonyl (C=S) groups is 1. The van der Waals surface area contributed by atoms with Crippen molar-refractivity contribution in [1.29, 1.82) is 0 Å². The van der Waals surface area contributed by atoms with Gasteiger partial charge in [0.05, 0.1) is 6.54 Å². The van der Waals surface area contributed by atoms with Crippen molar-refractivity contribution in [2.75, 3.05) is 13.6 Å². The molecule has 2 heterocycles. The SMILES string of the molecule is CC(=O)N(C)C(=S)N1Cc2c(c3ccccc3n2Cc2ccc(C(=O)NO)cc2)C(C)C1. The standard InChI is InChI=1S/C24H26N4O3S/c1-15-12-27(24(32)26(3)16(2)29)14-21-22(15)19-6-4-5-7-20(19)28(21)13-17-8-10-18(11-9-17)23(30)25-31/h4-11,15,31H,12-14H2,1-3H3,(H,25,30). The third-order valence-electron chi connectivity index (χ3n) is 6.14. The minimum absolute atomic E-state index is 0.0824. The van der Waals surface area contributed by atoms with Gasteiger partial charge in [0.15, 0.2) is 5.11 Å². The Morgan fingerprint density at radius 2 is 1.88 bits per heavy atom. The van der Waals surface area contributed by atoms with Crippen LogP contribution in [-0.4, -0.2) is 50.1 Å². The summed E-state index contributed by atoms with van der Waals surface area (Å²) in [6.45, 7) is 5.72. The first-order chi connectivity index (χ1) is 15.3. The van der Waals surface area contributed by atoms with Gasteiger partial charge < -0.3 is 9.47 Å². The summed E-state index contributed by atoms with van der Waals surface area (Å²) in [5.74, 6) is -0.368. The lowest BCUT2D eigenvalue weighted by atomic mass is 9.93. The predicted molar refractivity (Wildman–Crippen MR) is 127 cm³/mol. The summed E-state index contributed by atoms with van der Waals surface area (Å²) in [6.07, 6.45) is 0. The van der Waals surface area contributed by atoms with Crippen LogP contribution in [0.2, 0.25) is 0 Å². The molecule has 0 bridgehead atoms. The van der Waals surface area contributed by atoms with Crippen molar-refractivity contribution in [2.45, 2.75) is 32.9 Å². The van der Waals surface area contributed by atoms with Gasteiger partial charge in [-0.15, -0.1) is 0 Å². The van der Waals surface area contributed by atoms with E-state index < -0.39 is 5.91 Å². The normalized spacial score (nSPS) is 15.4. The molecule has 32 heavy (non-hydrogen) atoms. The van der Waals surface area contributed by atoms with Gasteiger partial charge in [-0.05, 0) is 41.5 Å². The summed E-state index contributed by atoms with van der Waals surface area (Å²) in [7, 11) is 1.71. The molecule has 0 saturated heterocycles. The average Bonchev–Trinajstić information content (AvgIpc) is 3.12. The molecule has 0 radical (unpaired) electrons. The number of carbonyl (C=O) groups excluding carboxylic acids is 2. The maximum atomic E-state index is 11.9. The highest BCUT2D eigenvalue weighted by Gasteiger charge is 2.31. The Hall–Kier alpha value is -3.23.